The van der Waals surface area contributed by atoms with Gasteiger partial charge in [0.15, 0.2) is 5.96 Å². The Morgan fingerprint density at radius 1 is 1.32 bits per heavy atom. The van der Waals surface area contributed by atoms with Gasteiger partial charge in [0.25, 0.3) is 0 Å². The second kappa shape index (κ2) is 9.81. The normalized spacial score (nSPS) is 11.6. The SMILES string of the molecule is CN=C(NCCCSc1nccs1)NCCc1csc(C)n1. The number of rotatable bonds is 8. The van der Waals surface area contributed by atoms with Gasteiger partial charge >= 0.3 is 0 Å². The van der Waals surface area contributed by atoms with Gasteiger partial charge in [-0.1, -0.05) is 11.8 Å². The summed E-state index contributed by atoms with van der Waals surface area (Å²) in [6.07, 6.45) is 3.85. The largest absolute Gasteiger partial charge is 0.356 e. The average Bonchev–Trinajstić information content (AvgIpc) is 3.17. The van der Waals surface area contributed by atoms with Crippen LogP contribution in [0.15, 0.2) is 26.3 Å². The molecule has 22 heavy (non-hydrogen) atoms. The molecule has 0 radical (unpaired) electrons. The van der Waals surface area contributed by atoms with Gasteiger partial charge in [0.05, 0.1) is 10.7 Å². The lowest BCUT2D eigenvalue weighted by Gasteiger charge is -2.11. The first-order chi connectivity index (χ1) is 10.8. The molecule has 0 aromatic carbocycles. The summed E-state index contributed by atoms with van der Waals surface area (Å²) in [5, 5.41) is 11.9. The lowest BCUT2D eigenvalue weighted by atomic mass is 10.3. The Kier molecular flexibility index (Phi) is 7.68. The van der Waals surface area contributed by atoms with Gasteiger partial charge in [-0.3, -0.25) is 4.99 Å². The van der Waals surface area contributed by atoms with Crippen molar-refractivity contribution in [2.75, 3.05) is 25.9 Å². The van der Waals surface area contributed by atoms with Crippen LogP contribution in [0.3, 0.4) is 0 Å². The molecule has 0 saturated carbocycles. The first kappa shape index (κ1) is 17.2. The zero-order valence-corrected chi connectivity index (χ0v) is 15.3. The molecule has 8 heteroatoms. The number of aliphatic imine (C=N–C) groups is 1. The fourth-order valence-corrected chi connectivity index (χ4v) is 4.07. The van der Waals surface area contributed by atoms with Crippen molar-refractivity contribution in [1.29, 1.82) is 0 Å². The number of nitrogens with one attached hydrogen (secondary N) is 2. The molecule has 0 spiro atoms. The number of aryl methyl sites for hydroxylation is 1. The highest BCUT2D eigenvalue weighted by Gasteiger charge is 2.01. The summed E-state index contributed by atoms with van der Waals surface area (Å²) in [4.78, 5) is 12.9. The lowest BCUT2D eigenvalue weighted by Crippen LogP contribution is -2.38. The second-order valence-electron chi connectivity index (χ2n) is 4.53. The highest BCUT2D eigenvalue weighted by molar-refractivity contribution is 8.00. The van der Waals surface area contributed by atoms with Crippen LogP contribution >= 0.6 is 34.4 Å². The number of hydrogen-bond donors (Lipinski definition) is 2. The smallest absolute Gasteiger partial charge is 0.190 e. The van der Waals surface area contributed by atoms with Crippen molar-refractivity contribution in [3.05, 3.63) is 27.7 Å². The molecule has 2 heterocycles. The van der Waals surface area contributed by atoms with E-state index in [0.29, 0.717) is 0 Å². The molecule has 120 valence electrons. The number of guanidine groups is 1. The van der Waals surface area contributed by atoms with Crippen molar-refractivity contribution in [1.82, 2.24) is 20.6 Å². The van der Waals surface area contributed by atoms with Crippen molar-refractivity contribution in [2.45, 2.75) is 24.1 Å². The molecule has 2 N–H and O–H groups in total. The zero-order chi connectivity index (χ0) is 15.6. The predicted octanol–water partition coefficient (Wildman–Crippen LogP) is 2.80. The number of aromatic nitrogens is 2. The first-order valence-corrected chi connectivity index (χ1v) is 9.90. The second-order valence-corrected chi connectivity index (χ2v) is 7.83. The minimum Gasteiger partial charge on any atom is -0.356 e. The Morgan fingerprint density at radius 3 is 2.86 bits per heavy atom. The van der Waals surface area contributed by atoms with Gasteiger partial charge in [-0.25, -0.2) is 9.97 Å². The summed E-state index contributed by atoms with van der Waals surface area (Å²) in [7, 11) is 1.80. The maximum atomic E-state index is 4.45. The summed E-state index contributed by atoms with van der Waals surface area (Å²) in [6, 6.07) is 0. The van der Waals surface area contributed by atoms with E-state index in [2.05, 4.69) is 31.0 Å². The fourth-order valence-electron chi connectivity index (χ4n) is 1.77. The van der Waals surface area contributed by atoms with Gasteiger partial charge in [-0.05, 0) is 13.3 Å². The summed E-state index contributed by atoms with van der Waals surface area (Å²) >= 11 is 5.19. The zero-order valence-electron chi connectivity index (χ0n) is 12.8. The summed E-state index contributed by atoms with van der Waals surface area (Å²) in [5.74, 6) is 1.92. The van der Waals surface area contributed by atoms with E-state index in [-0.39, 0.29) is 0 Å². The van der Waals surface area contributed by atoms with Crippen molar-refractivity contribution >= 4 is 40.4 Å². The standard InChI is InChI=1S/C14H21N5S3/c1-11-19-12(10-22-11)4-6-17-13(15-2)16-5-3-8-20-14-18-7-9-21-14/h7,9-10H,3-6,8H2,1-2H3,(H2,15,16,17). The van der Waals surface area contributed by atoms with Crippen molar-refractivity contribution < 1.29 is 0 Å². The van der Waals surface area contributed by atoms with E-state index in [4.69, 9.17) is 0 Å². The minimum atomic E-state index is 0.844. The Balaban J connectivity index is 1.55. The number of thioether (sulfide) groups is 1. The quantitative estimate of drug-likeness (QED) is 0.330. The molecule has 0 unspecified atom stereocenters. The third kappa shape index (κ3) is 6.33. The molecule has 2 aromatic heterocycles. The van der Waals surface area contributed by atoms with Gasteiger partial charge in [-0.15, -0.1) is 22.7 Å². The predicted molar refractivity (Wildman–Crippen MR) is 97.4 cm³/mol. The van der Waals surface area contributed by atoms with Gasteiger partial charge in [-0.2, -0.15) is 0 Å². The van der Waals surface area contributed by atoms with E-state index < -0.39 is 0 Å². The molecular weight excluding hydrogens is 334 g/mol. The van der Waals surface area contributed by atoms with E-state index in [1.54, 1.807) is 41.5 Å². The topological polar surface area (TPSA) is 62.2 Å². The lowest BCUT2D eigenvalue weighted by molar-refractivity contribution is 0.771. The van der Waals surface area contributed by atoms with Crippen LogP contribution in [0.1, 0.15) is 17.1 Å². The third-order valence-corrected chi connectivity index (χ3v) is 5.69. The Labute approximate surface area is 143 Å². The van der Waals surface area contributed by atoms with Gasteiger partial charge in [0.2, 0.25) is 0 Å². The first-order valence-electron chi connectivity index (χ1n) is 7.15. The minimum absolute atomic E-state index is 0.844. The summed E-state index contributed by atoms with van der Waals surface area (Å²) in [6.45, 7) is 3.79. The molecule has 0 saturated heterocycles. The van der Waals surface area contributed by atoms with E-state index in [9.17, 15) is 0 Å². The Morgan fingerprint density at radius 2 is 2.18 bits per heavy atom. The third-order valence-electron chi connectivity index (χ3n) is 2.81. The number of hydrogen-bond acceptors (Lipinski definition) is 6. The molecular formula is C14H21N5S3. The van der Waals surface area contributed by atoms with Crippen LogP contribution < -0.4 is 10.6 Å². The molecule has 0 amide bonds. The summed E-state index contributed by atoms with van der Waals surface area (Å²) < 4.78 is 1.14. The fraction of sp³-hybridized carbons (Fsp3) is 0.500. The van der Waals surface area contributed by atoms with E-state index in [1.807, 2.05) is 18.5 Å². The van der Waals surface area contributed by atoms with Crippen LogP contribution in [0.2, 0.25) is 0 Å². The monoisotopic (exact) mass is 355 g/mol. The molecule has 0 atom stereocenters. The molecule has 0 aliphatic rings. The van der Waals surface area contributed by atoms with Crippen LogP contribution in [0.25, 0.3) is 0 Å². The highest BCUT2D eigenvalue weighted by Crippen LogP contribution is 2.20. The van der Waals surface area contributed by atoms with Gasteiger partial charge in [0, 0.05) is 49.3 Å². The van der Waals surface area contributed by atoms with Crippen LogP contribution in [-0.4, -0.2) is 41.8 Å². The molecule has 0 aliphatic heterocycles. The van der Waals surface area contributed by atoms with Crippen molar-refractivity contribution in [3.63, 3.8) is 0 Å². The van der Waals surface area contributed by atoms with E-state index in [0.717, 1.165) is 52.7 Å². The molecule has 0 bridgehead atoms. The molecule has 2 rings (SSSR count). The van der Waals surface area contributed by atoms with Crippen LogP contribution in [0.5, 0.6) is 0 Å². The van der Waals surface area contributed by atoms with Crippen LogP contribution in [-0.2, 0) is 6.42 Å². The van der Waals surface area contributed by atoms with Gasteiger partial charge < -0.3 is 10.6 Å². The van der Waals surface area contributed by atoms with Crippen molar-refractivity contribution in [2.24, 2.45) is 4.99 Å². The highest BCUT2D eigenvalue weighted by atomic mass is 32.2. The van der Waals surface area contributed by atoms with E-state index in [1.165, 1.54) is 0 Å². The molecule has 2 aromatic rings. The van der Waals surface area contributed by atoms with E-state index >= 15 is 0 Å². The number of thiazole rings is 2. The van der Waals surface area contributed by atoms with Gasteiger partial charge in [0.1, 0.15) is 4.34 Å². The number of nitrogens with zero attached hydrogens (tertiary/aromatic N) is 3. The maximum Gasteiger partial charge on any atom is 0.190 e. The Bertz CT molecular complexity index is 565. The Hall–Kier alpha value is -1.12. The average molecular weight is 356 g/mol. The van der Waals surface area contributed by atoms with Crippen LogP contribution in [0, 0.1) is 6.92 Å². The van der Waals surface area contributed by atoms with Crippen molar-refractivity contribution in [3.8, 4) is 0 Å². The molecule has 5 nitrogen and oxygen atoms in total. The molecule has 0 fully saturated rings. The molecule has 0 aliphatic carbocycles. The summed E-state index contributed by atoms with van der Waals surface area (Å²) in [5.41, 5.74) is 1.14. The maximum absolute atomic E-state index is 4.45. The van der Waals surface area contributed by atoms with Crippen LogP contribution in [0.4, 0.5) is 0 Å².